The molecule has 0 saturated heterocycles. The molecule has 3 fully saturated rings. The van der Waals surface area contributed by atoms with Gasteiger partial charge in [-0.1, -0.05) is 39.3 Å². The predicted octanol–water partition coefficient (Wildman–Crippen LogP) is 4.38. The lowest BCUT2D eigenvalue weighted by Crippen LogP contribution is -2.54. The summed E-state index contributed by atoms with van der Waals surface area (Å²) in [6, 6.07) is 0. The van der Waals surface area contributed by atoms with E-state index in [-0.39, 0.29) is 0 Å². The lowest BCUT2D eigenvalue weighted by molar-refractivity contribution is -0.0985. The maximum absolute atomic E-state index is 11.9. The molecule has 2 bridgehead atoms. The van der Waals surface area contributed by atoms with Crippen LogP contribution in [0.3, 0.4) is 0 Å². The van der Waals surface area contributed by atoms with Gasteiger partial charge in [0.2, 0.25) is 0 Å². The Labute approximate surface area is 97.7 Å². The molecular weight excluding hydrogens is 205 g/mol. The number of hydrogen-bond acceptors (Lipinski definition) is 0. The van der Waals surface area contributed by atoms with Gasteiger partial charge in [-0.05, 0) is 35.7 Å². The SMILES string of the molecule is C[C@H]1[C@H]([B]CC=C(F)F)C[C@@H]2C[C@H]1C2(C)C. The quantitative estimate of drug-likeness (QED) is 0.625. The topological polar surface area (TPSA) is 0 Å². The Morgan fingerprint density at radius 2 is 2.06 bits per heavy atom. The summed E-state index contributed by atoms with van der Waals surface area (Å²) < 4.78 is 23.9. The van der Waals surface area contributed by atoms with Crippen molar-refractivity contribution in [2.24, 2.45) is 23.2 Å². The van der Waals surface area contributed by atoms with Gasteiger partial charge in [0.05, 0.1) is 0 Å². The normalized spacial score (nSPS) is 39.8. The molecule has 1 radical (unpaired) electrons. The number of rotatable bonds is 3. The summed E-state index contributed by atoms with van der Waals surface area (Å²) >= 11 is 0. The Kier molecular flexibility index (Phi) is 3.15. The highest BCUT2D eigenvalue weighted by Crippen LogP contribution is 2.64. The van der Waals surface area contributed by atoms with Gasteiger partial charge >= 0.3 is 0 Å². The fourth-order valence-corrected chi connectivity index (χ4v) is 3.83. The zero-order chi connectivity index (χ0) is 11.9. The largest absolute Gasteiger partial charge is 0.265 e. The minimum atomic E-state index is -1.55. The van der Waals surface area contributed by atoms with Crippen molar-refractivity contribution < 1.29 is 8.78 Å². The molecule has 0 aromatic rings. The Bertz CT molecular complexity index is 294. The summed E-state index contributed by atoms with van der Waals surface area (Å²) in [4.78, 5) is 0. The second-order valence-electron chi connectivity index (χ2n) is 6.08. The second kappa shape index (κ2) is 4.16. The Balaban J connectivity index is 1.88. The summed E-state index contributed by atoms with van der Waals surface area (Å²) in [5.41, 5.74) is 0.491. The van der Waals surface area contributed by atoms with Crippen LogP contribution in [-0.4, -0.2) is 7.28 Å². The number of allylic oxidation sites excluding steroid dienone is 1. The van der Waals surface area contributed by atoms with Crippen LogP contribution in [0.25, 0.3) is 0 Å². The fraction of sp³-hybridized carbons (Fsp3) is 0.846. The van der Waals surface area contributed by atoms with E-state index in [4.69, 9.17) is 0 Å². The maximum Gasteiger partial charge on any atom is 0.265 e. The predicted molar refractivity (Wildman–Crippen MR) is 63.8 cm³/mol. The molecule has 0 amide bonds. The van der Waals surface area contributed by atoms with Gasteiger partial charge < -0.3 is 0 Å². The van der Waals surface area contributed by atoms with Gasteiger partial charge in [-0.2, -0.15) is 8.78 Å². The standard InChI is InChI=1S/C13H20BF2/c1-8-10-6-9(13(10,2)3)7-11(8)14-5-4-12(15)16/h4,8-11H,5-7H2,1-3H3/t8-,9+,10-,11-/m1/s1. The van der Waals surface area contributed by atoms with Gasteiger partial charge in [0.15, 0.2) is 0 Å². The molecule has 3 rings (SSSR count). The second-order valence-corrected chi connectivity index (χ2v) is 6.08. The average Bonchev–Trinajstić information content (AvgIpc) is 2.19. The fourth-order valence-electron chi connectivity index (χ4n) is 3.83. The highest BCUT2D eigenvalue weighted by atomic mass is 19.3. The smallest absolute Gasteiger partial charge is 0.174 e. The Morgan fingerprint density at radius 3 is 2.56 bits per heavy atom. The molecule has 0 unspecified atom stereocenters. The molecule has 3 aliphatic rings. The first-order valence-electron chi connectivity index (χ1n) is 6.27. The third-order valence-corrected chi connectivity index (χ3v) is 5.12. The van der Waals surface area contributed by atoms with Gasteiger partial charge in [-0.3, -0.25) is 0 Å². The molecule has 3 heteroatoms. The molecule has 0 aromatic carbocycles. The van der Waals surface area contributed by atoms with Crippen LogP contribution in [0.2, 0.25) is 12.1 Å². The summed E-state index contributed by atoms with van der Waals surface area (Å²) in [5.74, 6) is 2.82. The Morgan fingerprint density at radius 1 is 1.38 bits per heavy atom. The number of hydrogen-bond donors (Lipinski definition) is 0. The van der Waals surface area contributed by atoms with Crippen LogP contribution >= 0.6 is 0 Å². The van der Waals surface area contributed by atoms with Crippen molar-refractivity contribution in [1.82, 2.24) is 0 Å². The minimum Gasteiger partial charge on any atom is -0.174 e. The van der Waals surface area contributed by atoms with E-state index in [1.54, 1.807) is 0 Å². The Hall–Kier alpha value is -0.335. The zero-order valence-corrected chi connectivity index (χ0v) is 10.3. The van der Waals surface area contributed by atoms with Crippen LogP contribution in [-0.2, 0) is 0 Å². The van der Waals surface area contributed by atoms with E-state index < -0.39 is 6.08 Å². The molecule has 0 aliphatic heterocycles. The third kappa shape index (κ3) is 1.93. The average molecular weight is 225 g/mol. The zero-order valence-electron chi connectivity index (χ0n) is 10.3. The molecule has 0 N–H and O–H groups in total. The molecule has 0 aromatic heterocycles. The van der Waals surface area contributed by atoms with Crippen molar-refractivity contribution in [3.05, 3.63) is 12.2 Å². The van der Waals surface area contributed by atoms with Crippen molar-refractivity contribution >= 4 is 7.28 Å². The van der Waals surface area contributed by atoms with Gasteiger partial charge in [-0.15, -0.1) is 0 Å². The third-order valence-electron chi connectivity index (χ3n) is 5.12. The molecule has 4 atom stereocenters. The van der Waals surface area contributed by atoms with Crippen molar-refractivity contribution in [2.75, 3.05) is 0 Å². The van der Waals surface area contributed by atoms with E-state index in [9.17, 15) is 8.78 Å². The van der Waals surface area contributed by atoms with E-state index in [1.165, 1.54) is 12.8 Å². The lowest BCUT2D eigenvalue weighted by atomic mass is 9.37. The molecule has 3 saturated carbocycles. The first-order valence-corrected chi connectivity index (χ1v) is 6.27. The van der Waals surface area contributed by atoms with Crippen LogP contribution < -0.4 is 0 Å². The highest BCUT2D eigenvalue weighted by molar-refractivity contribution is 6.38. The number of halogens is 2. The van der Waals surface area contributed by atoms with Crippen LogP contribution in [0.15, 0.2) is 12.2 Å². The summed E-state index contributed by atoms with van der Waals surface area (Å²) in [6.45, 7) is 7.01. The van der Waals surface area contributed by atoms with Crippen LogP contribution in [0, 0.1) is 23.2 Å². The van der Waals surface area contributed by atoms with Crippen LogP contribution in [0.1, 0.15) is 33.6 Å². The summed E-state index contributed by atoms with van der Waals surface area (Å²) in [7, 11) is 2.10. The summed E-state index contributed by atoms with van der Waals surface area (Å²) in [5, 5.41) is 0. The molecule has 0 heterocycles. The van der Waals surface area contributed by atoms with Crippen molar-refractivity contribution in [2.45, 2.75) is 45.8 Å². The van der Waals surface area contributed by atoms with Crippen LogP contribution in [0.5, 0.6) is 0 Å². The number of fused-ring (bicyclic) bond motifs is 2. The monoisotopic (exact) mass is 225 g/mol. The molecule has 0 nitrogen and oxygen atoms in total. The van der Waals surface area contributed by atoms with Crippen molar-refractivity contribution in [1.29, 1.82) is 0 Å². The van der Waals surface area contributed by atoms with Crippen molar-refractivity contribution in [3.63, 3.8) is 0 Å². The van der Waals surface area contributed by atoms with Gasteiger partial charge in [0.1, 0.15) is 7.28 Å². The van der Waals surface area contributed by atoms with E-state index >= 15 is 0 Å². The minimum absolute atomic E-state index is 0.428. The van der Waals surface area contributed by atoms with Gasteiger partial charge in [-0.25, -0.2) is 0 Å². The van der Waals surface area contributed by atoms with E-state index in [0.29, 0.717) is 23.5 Å². The van der Waals surface area contributed by atoms with Gasteiger partial charge in [0.25, 0.3) is 6.08 Å². The van der Waals surface area contributed by atoms with E-state index in [2.05, 4.69) is 28.1 Å². The first-order chi connectivity index (χ1) is 7.43. The molecule has 16 heavy (non-hydrogen) atoms. The van der Waals surface area contributed by atoms with Crippen molar-refractivity contribution in [3.8, 4) is 0 Å². The molecule has 0 spiro atoms. The lowest BCUT2D eigenvalue weighted by Gasteiger charge is -2.62. The molecule has 89 valence electrons. The highest BCUT2D eigenvalue weighted by Gasteiger charge is 2.55. The van der Waals surface area contributed by atoms with E-state index in [0.717, 1.165) is 17.9 Å². The summed E-state index contributed by atoms with van der Waals surface area (Å²) in [6.07, 6.45) is 2.46. The van der Waals surface area contributed by atoms with E-state index in [1.807, 2.05) is 0 Å². The molecular formula is C13H20BF2. The first kappa shape index (κ1) is 12.1. The maximum atomic E-state index is 11.9. The molecule has 3 aliphatic carbocycles. The van der Waals surface area contributed by atoms with Crippen LogP contribution in [0.4, 0.5) is 8.78 Å². The van der Waals surface area contributed by atoms with Gasteiger partial charge in [0, 0.05) is 0 Å².